The summed E-state index contributed by atoms with van der Waals surface area (Å²) < 4.78 is 0. The Balaban J connectivity index is 1.76. The van der Waals surface area contributed by atoms with Gasteiger partial charge in [-0.05, 0) is 25.3 Å². The summed E-state index contributed by atoms with van der Waals surface area (Å²) in [7, 11) is 0. The van der Waals surface area contributed by atoms with Crippen LogP contribution in [0.2, 0.25) is 0 Å². The Hall–Kier alpha value is -2.11. The molecule has 6 heteroatoms. The summed E-state index contributed by atoms with van der Waals surface area (Å²) in [6, 6.07) is 5.08. The normalized spacial score (nSPS) is 33.9. The van der Waals surface area contributed by atoms with Crippen molar-refractivity contribution in [3.8, 4) is 0 Å². The number of rotatable bonds is 1. The first-order chi connectivity index (χ1) is 11.9. The molecule has 6 nitrogen and oxygen atoms in total. The van der Waals surface area contributed by atoms with E-state index >= 15 is 0 Å². The second kappa shape index (κ2) is 5.71. The van der Waals surface area contributed by atoms with Gasteiger partial charge in [-0.25, -0.2) is 0 Å². The van der Waals surface area contributed by atoms with Crippen molar-refractivity contribution < 1.29 is 9.59 Å². The van der Waals surface area contributed by atoms with E-state index < -0.39 is 0 Å². The number of likely N-dealkylation sites (tertiary alicyclic amines) is 2. The van der Waals surface area contributed by atoms with Gasteiger partial charge in [-0.15, -0.1) is 0 Å². The lowest BCUT2D eigenvalue weighted by Gasteiger charge is -2.46. The van der Waals surface area contributed by atoms with E-state index in [2.05, 4.69) is 11.9 Å². The van der Waals surface area contributed by atoms with Crippen LogP contribution in [0, 0.1) is 5.41 Å². The first kappa shape index (κ1) is 16.4. The average Bonchev–Trinajstić information content (AvgIpc) is 2.68. The number of hydrogen-bond acceptors (Lipinski definition) is 3. The number of aromatic amines is 1. The summed E-state index contributed by atoms with van der Waals surface area (Å²) in [6.45, 7) is 4.49. The Bertz CT molecular complexity index is 773. The number of H-pyrrole nitrogens is 1. The molecule has 1 aliphatic carbocycles. The second-order valence-corrected chi connectivity index (χ2v) is 7.99. The van der Waals surface area contributed by atoms with Crippen LogP contribution in [-0.2, 0) is 4.79 Å². The lowest BCUT2D eigenvalue weighted by molar-refractivity contribution is -0.136. The Labute approximate surface area is 147 Å². The third-order valence-electron chi connectivity index (χ3n) is 6.55. The SMILES string of the molecule is CC(=O)N1C[C@@H]2C[C@@]3(C)[C@H](CCCC[C@@H]13)N2C(=O)c1cccc(=O)[nH]1. The lowest BCUT2D eigenvalue weighted by Crippen LogP contribution is -2.55. The molecule has 0 aromatic carbocycles. The molecule has 1 N–H and O–H groups in total. The number of nitrogens with one attached hydrogen (secondary N) is 1. The average molecular weight is 343 g/mol. The number of carbonyl (C=O) groups excluding carboxylic acids is 2. The van der Waals surface area contributed by atoms with Crippen molar-refractivity contribution in [1.29, 1.82) is 0 Å². The number of aromatic nitrogens is 1. The highest BCUT2D eigenvalue weighted by Crippen LogP contribution is 2.53. The molecule has 3 fully saturated rings. The molecule has 2 saturated heterocycles. The number of hydrogen-bond donors (Lipinski definition) is 1. The zero-order chi connectivity index (χ0) is 17.8. The van der Waals surface area contributed by atoms with Gasteiger partial charge < -0.3 is 14.8 Å². The van der Waals surface area contributed by atoms with Crippen LogP contribution >= 0.6 is 0 Å². The summed E-state index contributed by atoms with van der Waals surface area (Å²) in [4.78, 5) is 43.7. The van der Waals surface area contributed by atoms with Gasteiger partial charge in [-0.2, -0.15) is 0 Å². The standard InChI is InChI=1S/C19H25N3O3/c1-12(23)21-11-13-10-19(2)15(21)7-3-4-8-16(19)22(13)18(25)14-6-5-9-17(24)20-14/h5-6,9,13,15-16H,3-4,7-8,10-11H2,1-2H3,(H,20,24)/t13-,15+,16-,19+/m0/s1. The fourth-order valence-corrected chi connectivity index (χ4v) is 5.53. The summed E-state index contributed by atoms with van der Waals surface area (Å²) in [6.07, 6.45) is 5.09. The molecule has 3 aliphatic rings. The highest BCUT2D eigenvalue weighted by molar-refractivity contribution is 5.93. The van der Waals surface area contributed by atoms with Gasteiger partial charge in [-0.1, -0.05) is 25.8 Å². The number of nitrogens with zero attached hydrogens (tertiary/aromatic N) is 2. The number of amides is 2. The van der Waals surface area contributed by atoms with Crippen molar-refractivity contribution in [2.75, 3.05) is 6.54 Å². The first-order valence-electron chi connectivity index (χ1n) is 9.21. The Morgan fingerprint density at radius 1 is 1.20 bits per heavy atom. The summed E-state index contributed by atoms with van der Waals surface area (Å²) in [5, 5.41) is 0. The molecular weight excluding hydrogens is 318 g/mol. The molecule has 1 aromatic rings. The topological polar surface area (TPSA) is 73.5 Å². The van der Waals surface area contributed by atoms with Crippen LogP contribution in [0.4, 0.5) is 0 Å². The molecular formula is C19H25N3O3. The highest BCUT2D eigenvalue weighted by atomic mass is 16.2. The minimum Gasteiger partial charge on any atom is -0.337 e. The maximum absolute atomic E-state index is 13.2. The van der Waals surface area contributed by atoms with Gasteiger partial charge in [0.05, 0.1) is 6.04 Å². The van der Waals surface area contributed by atoms with Gasteiger partial charge in [0.15, 0.2) is 0 Å². The molecule has 0 unspecified atom stereocenters. The number of carbonyl (C=O) groups is 2. The third-order valence-corrected chi connectivity index (χ3v) is 6.55. The Kier molecular flexibility index (Phi) is 3.74. The molecule has 0 spiro atoms. The molecule has 1 saturated carbocycles. The summed E-state index contributed by atoms with van der Waals surface area (Å²) in [5.74, 6) is -0.00790. The van der Waals surface area contributed by atoms with Gasteiger partial charge in [0.1, 0.15) is 5.69 Å². The van der Waals surface area contributed by atoms with E-state index in [1.807, 2.05) is 9.80 Å². The smallest absolute Gasteiger partial charge is 0.270 e. The molecule has 4 rings (SSSR count). The summed E-state index contributed by atoms with van der Waals surface area (Å²) in [5.41, 5.74) is 0.0256. The molecule has 2 bridgehead atoms. The van der Waals surface area contributed by atoms with E-state index in [0.29, 0.717) is 12.2 Å². The largest absolute Gasteiger partial charge is 0.337 e. The molecule has 0 radical (unpaired) electrons. The van der Waals surface area contributed by atoms with Crippen molar-refractivity contribution >= 4 is 11.8 Å². The molecule has 4 atom stereocenters. The van der Waals surface area contributed by atoms with Gasteiger partial charge in [0, 0.05) is 37.0 Å². The maximum Gasteiger partial charge on any atom is 0.270 e. The monoisotopic (exact) mass is 343 g/mol. The summed E-state index contributed by atoms with van der Waals surface area (Å²) >= 11 is 0. The Morgan fingerprint density at radius 3 is 2.60 bits per heavy atom. The van der Waals surface area contributed by atoms with Crippen molar-refractivity contribution in [3.63, 3.8) is 0 Å². The van der Waals surface area contributed by atoms with Gasteiger partial charge in [0.25, 0.3) is 5.91 Å². The number of fused-ring (bicyclic) bond motifs is 1. The molecule has 1 aromatic heterocycles. The van der Waals surface area contributed by atoms with Crippen molar-refractivity contribution in [2.24, 2.45) is 5.41 Å². The van der Waals surface area contributed by atoms with Gasteiger partial charge >= 0.3 is 0 Å². The Morgan fingerprint density at radius 2 is 1.92 bits per heavy atom. The lowest BCUT2D eigenvalue weighted by atomic mass is 9.71. The van der Waals surface area contributed by atoms with E-state index in [4.69, 9.17) is 0 Å². The van der Waals surface area contributed by atoms with Gasteiger partial charge in [-0.3, -0.25) is 14.4 Å². The van der Waals surface area contributed by atoms with E-state index in [-0.39, 0.29) is 40.9 Å². The fourth-order valence-electron chi connectivity index (χ4n) is 5.53. The predicted molar refractivity (Wildman–Crippen MR) is 93.2 cm³/mol. The number of pyridine rings is 1. The van der Waals surface area contributed by atoms with Crippen LogP contribution in [0.5, 0.6) is 0 Å². The minimum absolute atomic E-state index is 0.0319. The van der Waals surface area contributed by atoms with Crippen molar-refractivity contribution in [3.05, 3.63) is 34.2 Å². The van der Waals surface area contributed by atoms with Crippen LogP contribution in [-0.4, -0.2) is 51.3 Å². The first-order valence-corrected chi connectivity index (χ1v) is 9.21. The van der Waals surface area contributed by atoms with E-state index in [9.17, 15) is 14.4 Å². The molecule has 134 valence electrons. The quantitative estimate of drug-likeness (QED) is 0.844. The van der Waals surface area contributed by atoms with Crippen LogP contribution in [0.3, 0.4) is 0 Å². The second-order valence-electron chi connectivity index (χ2n) is 7.99. The third kappa shape index (κ3) is 2.41. The molecule has 2 aliphatic heterocycles. The predicted octanol–water partition coefficient (Wildman–Crippen LogP) is 1.77. The molecule has 2 amide bonds. The zero-order valence-corrected chi connectivity index (χ0v) is 14.8. The van der Waals surface area contributed by atoms with E-state index in [1.54, 1.807) is 19.1 Å². The molecule has 3 heterocycles. The highest BCUT2D eigenvalue weighted by Gasteiger charge is 2.60. The zero-order valence-electron chi connectivity index (χ0n) is 14.8. The van der Waals surface area contributed by atoms with E-state index in [0.717, 1.165) is 32.1 Å². The van der Waals surface area contributed by atoms with Crippen LogP contribution in [0.15, 0.2) is 23.0 Å². The van der Waals surface area contributed by atoms with Crippen LogP contribution in [0.25, 0.3) is 0 Å². The van der Waals surface area contributed by atoms with Crippen molar-refractivity contribution in [2.45, 2.75) is 64.1 Å². The van der Waals surface area contributed by atoms with Crippen LogP contribution in [0.1, 0.15) is 56.4 Å². The number of piperidine rings is 1. The van der Waals surface area contributed by atoms with Crippen molar-refractivity contribution in [1.82, 2.24) is 14.8 Å². The fraction of sp³-hybridized carbons (Fsp3) is 0.632. The van der Waals surface area contributed by atoms with Crippen LogP contribution < -0.4 is 5.56 Å². The van der Waals surface area contributed by atoms with Gasteiger partial charge in [0.2, 0.25) is 11.5 Å². The van der Waals surface area contributed by atoms with E-state index in [1.165, 1.54) is 6.07 Å². The minimum atomic E-state index is -0.261. The molecule has 25 heavy (non-hydrogen) atoms. The maximum atomic E-state index is 13.2.